The molecule has 3 rings (SSSR count). The average molecular weight is 321 g/mol. The van der Waals surface area contributed by atoms with Crippen molar-refractivity contribution >= 4 is 33.2 Å². The number of hydrogen-bond acceptors (Lipinski definition) is 3. The van der Waals surface area contributed by atoms with Gasteiger partial charge in [0.25, 0.3) is 0 Å². The number of nitrogens with one attached hydrogen (secondary N) is 1. The first-order valence-electron chi connectivity index (χ1n) is 6.64. The number of aromatic nitrogens is 1. The molecule has 1 atom stereocenters. The molecule has 3 aromatic rings. The van der Waals surface area contributed by atoms with E-state index in [2.05, 4.69) is 23.3 Å². The molecule has 0 bridgehead atoms. The van der Waals surface area contributed by atoms with E-state index in [0.717, 1.165) is 16.6 Å². The van der Waals surface area contributed by atoms with E-state index in [9.17, 15) is 4.39 Å². The van der Waals surface area contributed by atoms with Crippen LogP contribution in [0.4, 0.5) is 4.39 Å². The average Bonchev–Trinajstić information content (AvgIpc) is 2.95. The lowest BCUT2D eigenvalue weighted by Gasteiger charge is -2.14. The fraction of sp³-hybridized carbons (Fsp3) is 0.188. The highest BCUT2D eigenvalue weighted by molar-refractivity contribution is 7.17. The van der Waals surface area contributed by atoms with E-state index < -0.39 is 0 Å². The Balaban J connectivity index is 1.70. The Bertz CT molecular complexity index is 772. The van der Waals surface area contributed by atoms with Crippen molar-refractivity contribution < 1.29 is 4.39 Å². The van der Waals surface area contributed by atoms with E-state index in [4.69, 9.17) is 11.6 Å². The van der Waals surface area contributed by atoms with E-state index in [-0.39, 0.29) is 16.9 Å². The molecule has 0 saturated carbocycles. The lowest BCUT2D eigenvalue weighted by molar-refractivity contribution is 0.572. The first-order chi connectivity index (χ1) is 10.1. The van der Waals surface area contributed by atoms with Crippen molar-refractivity contribution in [2.24, 2.45) is 0 Å². The minimum atomic E-state index is -0.388. The van der Waals surface area contributed by atoms with Crippen LogP contribution >= 0.6 is 22.9 Å². The van der Waals surface area contributed by atoms with Gasteiger partial charge in [0, 0.05) is 18.8 Å². The lowest BCUT2D eigenvalue weighted by Crippen LogP contribution is -2.18. The van der Waals surface area contributed by atoms with Gasteiger partial charge in [-0.25, -0.2) is 4.39 Å². The minimum absolute atomic E-state index is 0.156. The predicted molar refractivity (Wildman–Crippen MR) is 86.3 cm³/mol. The zero-order valence-electron chi connectivity index (χ0n) is 11.4. The van der Waals surface area contributed by atoms with Gasteiger partial charge >= 0.3 is 0 Å². The van der Waals surface area contributed by atoms with Crippen molar-refractivity contribution in [3.63, 3.8) is 0 Å². The first kappa shape index (κ1) is 14.4. The largest absolute Gasteiger partial charge is 0.306 e. The third-order valence-electron chi connectivity index (χ3n) is 3.42. The van der Waals surface area contributed by atoms with Crippen LogP contribution in [0.1, 0.15) is 24.1 Å². The van der Waals surface area contributed by atoms with Crippen LogP contribution in [0.3, 0.4) is 0 Å². The maximum Gasteiger partial charge on any atom is 0.141 e. The molecule has 1 unspecified atom stereocenters. The SMILES string of the molecule is CC(NCc1ccc(F)c(Cl)c1)c1cnc2ccsc2c1. The van der Waals surface area contributed by atoms with Crippen LogP contribution in [0, 0.1) is 5.82 Å². The minimum Gasteiger partial charge on any atom is -0.306 e. The van der Waals surface area contributed by atoms with Gasteiger partial charge in [0.15, 0.2) is 0 Å². The molecule has 0 amide bonds. The number of nitrogens with zero attached hydrogens (tertiary/aromatic N) is 1. The summed E-state index contributed by atoms with van der Waals surface area (Å²) in [7, 11) is 0. The summed E-state index contributed by atoms with van der Waals surface area (Å²) in [4.78, 5) is 4.44. The molecule has 0 saturated heterocycles. The summed E-state index contributed by atoms with van der Waals surface area (Å²) in [5.41, 5.74) is 3.12. The van der Waals surface area contributed by atoms with E-state index in [1.165, 1.54) is 10.8 Å². The lowest BCUT2D eigenvalue weighted by atomic mass is 10.1. The number of benzene rings is 1. The van der Waals surface area contributed by atoms with Crippen molar-refractivity contribution in [1.29, 1.82) is 0 Å². The molecule has 2 nitrogen and oxygen atoms in total. The van der Waals surface area contributed by atoms with Gasteiger partial charge < -0.3 is 5.32 Å². The Morgan fingerprint density at radius 2 is 2.19 bits per heavy atom. The van der Waals surface area contributed by atoms with E-state index >= 15 is 0 Å². The molecule has 0 aliphatic carbocycles. The molecule has 0 spiro atoms. The molecule has 108 valence electrons. The van der Waals surface area contributed by atoms with Gasteiger partial charge in [0.05, 0.1) is 15.2 Å². The summed E-state index contributed by atoms with van der Waals surface area (Å²) < 4.78 is 14.3. The highest BCUT2D eigenvalue weighted by Crippen LogP contribution is 2.23. The van der Waals surface area contributed by atoms with Crippen molar-refractivity contribution in [1.82, 2.24) is 10.3 Å². The Morgan fingerprint density at radius 3 is 3.00 bits per heavy atom. The Labute approximate surface area is 131 Å². The second kappa shape index (κ2) is 6.10. The Morgan fingerprint density at radius 1 is 1.33 bits per heavy atom. The van der Waals surface area contributed by atoms with Crippen LogP contribution in [0.25, 0.3) is 10.2 Å². The molecule has 1 N–H and O–H groups in total. The molecule has 2 heterocycles. The van der Waals surface area contributed by atoms with E-state index in [0.29, 0.717) is 6.54 Å². The highest BCUT2D eigenvalue weighted by Gasteiger charge is 2.08. The maximum atomic E-state index is 13.1. The van der Waals surface area contributed by atoms with Crippen LogP contribution in [-0.2, 0) is 6.54 Å². The zero-order chi connectivity index (χ0) is 14.8. The molecule has 5 heteroatoms. The number of fused-ring (bicyclic) bond motifs is 1. The third kappa shape index (κ3) is 3.23. The molecule has 0 radical (unpaired) electrons. The summed E-state index contributed by atoms with van der Waals surface area (Å²) in [5, 5.41) is 5.60. The standard InChI is InChI=1S/C16H14ClFN2S/c1-10(12-7-16-15(20-9-12)4-5-21-16)19-8-11-2-3-14(18)13(17)6-11/h2-7,9-10,19H,8H2,1H3. The molecular weight excluding hydrogens is 307 g/mol. The van der Waals surface area contributed by atoms with Crippen LogP contribution in [-0.4, -0.2) is 4.98 Å². The van der Waals surface area contributed by atoms with Gasteiger partial charge in [-0.3, -0.25) is 4.98 Å². The van der Waals surface area contributed by atoms with Gasteiger partial charge in [-0.15, -0.1) is 11.3 Å². The topological polar surface area (TPSA) is 24.9 Å². The second-order valence-corrected chi connectivity index (χ2v) is 6.28. The maximum absolute atomic E-state index is 13.1. The molecule has 0 aliphatic rings. The van der Waals surface area contributed by atoms with Crippen LogP contribution in [0.2, 0.25) is 5.02 Å². The Hall–Kier alpha value is -1.49. The molecule has 21 heavy (non-hydrogen) atoms. The quantitative estimate of drug-likeness (QED) is 0.736. The second-order valence-electron chi connectivity index (χ2n) is 4.92. The Kier molecular flexibility index (Phi) is 4.19. The van der Waals surface area contributed by atoms with Crippen molar-refractivity contribution in [3.05, 3.63) is 63.9 Å². The summed E-state index contributed by atoms with van der Waals surface area (Å²) >= 11 is 7.48. The third-order valence-corrected chi connectivity index (χ3v) is 4.56. The van der Waals surface area contributed by atoms with Gasteiger partial charge in [0.1, 0.15) is 5.82 Å². The summed E-state index contributed by atoms with van der Waals surface area (Å²) in [6.07, 6.45) is 1.89. The molecule has 0 fully saturated rings. The number of thiophene rings is 1. The van der Waals surface area contributed by atoms with Gasteiger partial charge in [0.2, 0.25) is 0 Å². The molecule has 2 aromatic heterocycles. The summed E-state index contributed by atoms with van der Waals surface area (Å²) in [6.45, 7) is 2.71. The fourth-order valence-electron chi connectivity index (χ4n) is 2.14. The normalized spacial score (nSPS) is 12.7. The van der Waals surface area contributed by atoms with Crippen molar-refractivity contribution in [2.75, 3.05) is 0 Å². The van der Waals surface area contributed by atoms with E-state index in [1.54, 1.807) is 23.5 Å². The van der Waals surface area contributed by atoms with Gasteiger partial charge in [-0.1, -0.05) is 17.7 Å². The first-order valence-corrected chi connectivity index (χ1v) is 7.90. The molecular formula is C16H14ClFN2S. The summed E-state index contributed by atoms with van der Waals surface area (Å²) in [5.74, 6) is -0.388. The van der Waals surface area contributed by atoms with Crippen molar-refractivity contribution in [2.45, 2.75) is 19.5 Å². The summed E-state index contributed by atoms with van der Waals surface area (Å²) in [6, 6.07) is 9.11. The van der Waals surface area contributed by atoms with Gasteiger partial charge in [-0.2, -0.15) is 0 Å². The highest BCUT2D eigenvalue weighted by atomic mass is 35.5. The van der Waals surface area contributed by atoms with E-state index in [1.807, 2.05) is 17.6 Å². The van der Waals surface area contributed by atoms with Crippen LogP contribution in [0.15, 0.2) is 41.9 Å². The van der Waals surface area contributed by atoms with Crippen LogP contribution < -0.4 is 5.32 Å². The van der Waals surface area contributed by atoms with Crippen molar-refractivity contribution in [3.8, 4) is 0 Å². The monoisotopic (exact) mass is 320 g/mol. The number of halogens is 2. The zero-order valence-corrected chi connectivity index (χ0v) is 13.0. The smallest absolute Gasteiger partial charge is 0.141 e. The number of rotatable bonds is 4. The van der Waals surface area contributed by atoms with Crippen LogP contribution in [0.5, 0.6) is 0 Å². The number of hydrogen-bond donors (Lipinski definition) is 1. The predicted octanol–water partition coefficient (Wildman–Crippen LogP) is 4.94. The molecule has 0 aliphatic heterocycles. The number of pyridine rings is 1. The molecule has 1 aromatic carbocycles. The fourth-order valence-corrected chi connectivity index (χ4v) is 3.13. The van der Waals surface area contributed by atoms with Gasteiger partial charge in [-0.05, 0) is 47.7 Å².